The van der Waals surface area contributed by atoms with Gasteiger partial charge >= 0.3 is 17.9 Å². The van der Waals surface area contributed by atoms with Crippen LogP contribution in [0.4, 0.5) is 0 Å². The zero-order chi connectivity index (χ0) is 54.3. The number of unbranched alkanes of at least 4 members (excludes halogenated alkanes) is 27. The number of esters is 3. The Bertz CT molecular complexity index is 1520. The zero-order valence-electron chi connectivity index (χ0n) is 49.0. The van der Waals surface area contributed by atoms with Crippen molar-refractivity contribution >= 4 is 17.9 Å². The van der Waals surface area contributed by atoms with Crippen molar-refractivity contribution in [2.45, 2.75) is 297 Å². The van der Waals surface area contributed by atoms with E-state index in [0.717, 1.165) is 116 Å². The SMILES string of the molecule is CC/C=C\C/C=C\C/C=C\C/C=C\C/C=C\CCCC(=O)OC(COC(=O)CCCCCC/C=C\C/C=C\C/C=C\C/C=C\CC)COC(=O)CCCCCCCCCCCCCCCCCCCCCCCCC. The summed E-state index contributed by atoms with van der Waals surface area (Å²) in [5.41, 5.74) is 0. The molecule has 0 rings (SSSR count). The highest BCUT2D eigenvalue weighted by atomic mass is 16.6. The first kappa shape index (κ1) is 71.1. The van der Waals surface area contributed by atoms with Crippen LogP contribution >= 0.6 is 0 Å². The number of carbonyl (C=O) groups is 3. The third-order valence-corrected chi connectivity index (χ3v) is 13.3. The Labute approximate surface area is 463 Å². The summed E-state index contributed by atoms with van der Waals surface area (Å²) in [6.07, 6.45) is 85.3. The lowest BCUT2D eigenvalue weighted by Gasteiger charge is -2.18. The largest absolute Gasteiger partial charge is 0.462 e. The van der Waals surface area contributed by atoms with E-state index >= 15 is 0 Å². The average molecular weight is 1040 g/mol. The van der Waals surface area contributed by atoms with Crippen molar-refractivity contribution in [3.63, 3.8) is 0 Å². The van der Waals surface area contributed by atoms with Gasteiger partial charge in [0.2, 0.25) is 0 Å². The maximum Gasteiger partial charge on any atom is 0.306 e. The molecule has 6 nitrogen and oxygen atoms in total. The van der Waals surface area contributed by atoms with Gasteiger partial charge in [0.15, 0.2) is 6.10 Å². The van der Waals surface area contributed by atoms with Crippen LogP contribution in [0.1, 0.15) is 290 Å². The van der Waals surface area contributed by atoms with Gasteiger partial charge < -0.3 is 14.2 Å². The summed E-state index contributed by atoms with van der Waals surface area (Å²) in [5, 5.41) is 0. The normalized spacial score (nSPS) is 12.8. The second-order valence-electron chi connectivity index (χ2n) is 20.6. The monoisotopic (exact) mass is 1040 g/mol. The van der Waals surface area contributed by atoms with E-state index in [9.17, 15) is 14.4 Å². The van der Waals surface area contributed by atoms with E-state index in [0.29, 0.717) is 19.3 Å². The molecule has 0 heterocycles. The Morgan fingerprint density at radius 3 is 0.853 bits per heavy atom. The minimum absolute atomic E-state index is 0.108. The molecule has 1 atom stereocenters. The number of hydrogen-bond donors (Lipinski definition) is 0. The molecule has 0 spiro atoms. The summed E-state index contributed by atoms with van der Waals surface area (Å²) in [4.78, 5) is 38.3. The van der Waals surface area contributed by atoms with Crippen molar-refractivity contribution in [3.05, 3.63) is 109 Å². The fourth-order valence-corrected chi connectivity index (χ4v) is 8.65. The van der Waals surface area contributed by atoms with Crippen molar-refractivity contribution in [1.82, 2.24) is 0 Å². The van der Waals surface area contributed by atoms with Gasteiger partial charge in [-0.25, -0.2) is 0 Å². The molecule has 0 saturated carbocycles. The molecule has 0 aliphatic heterocycles. The van der Waals surface area contributed by atoms with E-state index in [2.05, 4.69) is 130 Å². The van der Waals surface area contributed by atoms with Crippen LogP contribution in [0, 0.1) is 0 Å². The van der Waals surface area contributed by atoms with Gasteiger partial charge in [0.25, 0.3) is 0 Å². The summed E-state index contributed by atoms with van der Waals surface area (Å²) in [6.45, 7) is 6.37. The summed E-state index contributed by atoms with van der Waals surface area (Å²) in [7, 11) is 0. The van der Waals surface area contributed by atoms with Crippen LogP contribution in [0.2, 0.25) is 0 Å². The van der Waals surface area contributed by atoms with E-state index in [1.807, 2.05) is 0 Å². The number of ether oxygens (including phenoxy) is 3. The maximum absolute atomic E-state index is 12.9. The van der Waals surface area contributed by atoms with Crippen LogP contribution in [-0.2, 0) is 28.6 Å². The molecule has 428 valence electrons. The molecule has 0 bridgehead atoms. The Hall–Kier alpha value is -3.93. The molecule has 0 aliphatic carbocycles. The third kappa shape index (κ3) is 60.8. The van der Waals surface area contributed by atoms with Crippen LogP contribution in [0.25, 0.3) is 0 Å². The second-order valence-corrected chi connectivity index (χ2v) is 20.6. The van der Waals surface area contributed by atoms with Gasteiger partial charge in [-0.3, -0.25) is 14.4 Å². The highest BCUT2D eigenvalue weighted by molar-refractivity contribution is 5.71. The molecule has 0 fully saturated rings. The predicted molar refractivity (Wildman–Crippen MR) is 325 cm³/mol. The highest BCUT2D eigenvalue weighted by Crippen LogP contribution is 2.17. The molecule has 0 aromatic carbocycles. The van der Waals surface area contributed by atoms with Gasteiger partial charge in [0.1, 0.15) is 13.2 Å². The first-order chi connectivity index (χ1) is 37.0. The van der Waals surface area contributed by atoms with E-state index in [-0.39, 0.29) is 37.5 Å². The fourth-order valence-electron chi connectivity index (χ4n) is 8.65. The molecule has 0 aliphatic rings. The third-order valence-electron chi connectivity index (χ3n) is 13.3. The molecule has 0 N–H and O–H groups in total. The molecule has 0 saturated heterocycles. The summed E-state index contributed by atoms with van der Waals surface area (Å²) < 4.78 is 16.8. The van der Waals surface area contributed by atoms with Gasteiger partial charge in [-0.15, -0.1) is 0 Å². The molecular formula is C69H116O6. The molecule has 75 heavy (non-hydrogen) atoms. The molecule has 6 heteroatoms. The summed E-state index contributed by atoms with van der Waals surface area (Å²) in [5.74, 6) is -0.984. The number of rotatable bonds is 56. The molecule has 0 aromatic rings. The first-order valence-electron chi connectivity index (χ1n) is 31.4. The van der Waals surface area contributed by atoms with Gasteiger partial charge in [-0.1, -0.05) is 284 Å². The van der Waals surface area contributed by atoms with Crippen LogP contribution in [0.5, 0.6) is 0 Å². The van der Waals surface area contributed by atoms with Crippen molar-refractivity contribution in [2.24, 2.45) is 0 Å². The van der Waals surface area contributed by atoms with E-state index in [1.165, 1.54) is 128 Å². The molecule has 1 unspecified atom stereocenters. The maximum atomic E-state index is 12.9. The lowest BCUT2D eigenvalue weighted by molar-refractivity contribution is -0.167. The Morgan fingerprint density at radius 2 is 0.533 bits per heavy atom. The summed E-state index contributed by atoms with van der Waals surface area (Å²) in [6, 6.07) is 0. The minimum atomic E-state index is -0.820. The van der Waals surface area contributed by atoms with E-state index < -0.39 is 6.10 Å². The van der Waals surface area contributed by atoms with Crippen molar-refractivity contribution in [1.29, 1.82) is 0 Å². The van der Waals surface area contributed by atoms with Gasteiger partial charge in [-0.05, 0) is 96.3 Å². The molecule has 0 radical (unpaired) electrons. The van der Waals surface area contributed by atoms with Crippen molar-refractivity contribution < 1.29 is 28.6 Å². The van der Waals surface area contributed by atoms with Crippen LogP contribution in [0.15, 0.2) is 109 Å². The second kappa shape index (κ2) is 62.6. The molecule has 0 aromatic heterocycles. The average Bonchev–Trinajstić information content (AvgIpc) is 3.41. The van der Waals surface area contributed by atoms with Crippen molar-refractivity contribution in [3.8, 4) is 0 Å². The molecular weight excluding hydrogens is 925 g/mol. The topological polar surface area (TPSA) is 78.9 Å². The van der Waals surface area contributed by atoms with Crippen LogP contribution in [0.3, 0.4) is 0 Å². The number of allylic oxidation sites excluding steroid dienone is 18. The summed E-state index contributed by atoms with van der Waals surface area (Å²) >= 11 is 0. The predicted octanol–water partition coefficient (Wildman–Crippen LogP) is 21.4. The van der Waals surface area contributed by atoms with Crippen LogP contribution < -0.4 is 0 Å². The van der Waals surface area contributed by atoms with E-state index in [1.54, 1.807) is 0 Å². The lowest BCUT2D eigenvalue weighted by atomic mass is 10.0. The van der Waals surface area contributed by atoms with Crippen LogP contribution in [-0.4, -0.2) is 37.2 Å². The van der Waals surface area contributed by atoms with Gasteiger partial charge in [-0.2, -0.15) is 0 Å². The van der Waals surface area contributed by atoms with Crippen molar-refractivity contribution in [2.75, 3.05) is 13.2 Å². The first-order valence-corrected chi connectivity index (χ1v) is 31.4. The zero-order valence-corrected chi connectivity index (χ0v) is 49.0. The Kier molecular flexibility index (Phi) is 59.3. The van der Waals surface area contributed by atoms with E-state index in [4.69, 9.17) is 14.2 Å². The standard InChI is InChI=1S/C69H116O6/c1-4-7-10-13-16-19-22-25-28-31-32-33-34-35-36-39-41-44-47-50-53-56-59-62-68(71)74-65-66(75-69(72)63-60-57-54-51-48-45-42-38-30-27-24-21-18-15-12-9-6-3)64-73-67(70)61-58-55-52-49-46-43-40-37-29-26-23-20-17-14-11-8-5-2/h8-9,11-12,17-18,20-21,26-27,29-30,40,42-43,45,51,54,66H,4-7,10,13-16,19,22-25,28,31-39,41,44,46-50,52-53,55-65H2,1-3H3/b11-8-,12-9-,20-17-,21-18-,29-26-,30-27-,43-40-,45-42-,54-51-. The van der Waals surface area contributed by atoms with Gasteiger partial charge in [0.05, 0.1) is 0 Å². The minimum Gasteiger partial charge on any atom is -0.462 e. The van der Waals surface area contributed by atoms with Gasteiger partial charge in [0, 0.05) is 19.3 Å². The molecule has 0 amide bonds. The highest BCUT2D eigenvalue weighted by Gasteiger charge is 2.19. The number of hydrogen-bond acceptors (Lipinski definition) is 6. The quantitative estimate of drug-likeness (QED) is 0.0261. The smallest absolute Gasteiger partial charge is 0.306 e. The Balaban J connectivity index is 4.43. The fraction of sp³-hybridized carbons (Fsp3) is 0.696. The Morgan fingerprint density at radius 1 is 0.280 bits per heavy atom. The number of carbonyl (C=O) groups excluding carboxylic acids is 3. The lowest BCUT2D eigenvalue weighted by Crippen LogP contribution is -2.30.